The molecule has 3 heterocycles. The highest BCUT2D eigenvalue weighted by Crippen LogP contribution is 2.55. The lowest BCUT2D eigenvalue weighted by molar-refractivity contribution is -0.147. The number of aryl methyl sites for hydroxylation is 1. The highest BCUT2D eigenvalue weighted by molar-refractivity contribution is 5.75. The molecule has 10 atom stereocenters. The second-order valence-electron chi connectivity index (χ2n) is 16.1. The van der Waals surface area contributed by atoms with E-state index in [-0.39, 0.29) is 67.4 Å². The number of nitrogens with one attached hydrogen (secondary N) is 3. The van der Waals surface area contributed by atoms with Crippen molar-refractivity contribution in [2.45, 2.75) is 88.9 Å². The fraction of sp³-hybridized carbons (Fsp3) is 0.558. The topological polar surface area (TPSA) is 237 Å². The molecule has 4 aliphatic rings. The number of carboxylic acid groups (broad SMARTS) is 1. The van der Waals surface area contributed by atoms with Gasteiger partial charge in [-0.05, 0) is 99.4 Å². The van der Waals surface area contributed by atoms with Crippen molar-refractivity contribution < 1.29 is 54.4 Å². The molecule has 318 valence electrons. The summed E-state index contributed by atoms with van der Waals surface area (Å²) in [5.41, 5.74) is 7.80. The predicted octanol–water partition coefficient (Wildman–Crippen LogP) is 2.96. The van der Waals surface area contributed by atoms with Crippen LogP contribution < -0.4 is 35.9 Å². The van der Waals surface area contributed by atoms with E-state index < -0.39 is 47.6 Å². The van der Waals surface area contributed by atoms with E-state index in [1.54, 1.807) is 43.3 Å². The number of piperidine rings is 1. The molecule has 0 amide bonds. The van der Waals surface area contributed by atoms with Crippen molar-refractivity contribution >= 4 is 5.97 Å². The first kappa shape index (κ1) is 43.1. The number of benzene rings is 2. The van der Waals surface area contributed by atoms with E-state index in [1.165, 1.54) is 7.11 Å². The van der Waals surface area contributed by atoms with Gasteiger partial charge in [-0.25, -0.2) is 0 Å². The molecule has 1 aliphatic carbocycles. The number of aliphatic hydroxyl groups is 3. The predicted molar refractivity (Wildman–Crippen MR) is 215 cm³/mol. The average molecular weight is 809 g/mol. The van der Waals surface area contributed by atoms with Crippen LogP contribution in [0.5, 0.6) is 28.7 Å². The highest BCUT2D eigenvalue weighted by atomic mass is 16.5. The number of allylic oxidation sites excluding steroid dienone is 3. The fourth-order valence-electron chi connectivity index (χ4n) is 9.24. The number of carboxylic acids is 1. The Kier molecular flexibility index (Phi) is 14.1. The fourth-order valence-corrected chi connectivity index (χ4v) is 9.24. The van der Waals surface area contributed by atoms with Crippen molar-refractivity contribution in [2.75, 3.05) is 40.1 Å². The smallest absolute Gasteiger partial charge is 0.311 e. The summed E-state index contributed by atoms with van der Waals surface area (Å²) in [6.07, 6.45) is 8.31. The van der Waals surface area contributed by atoms with Gasteiger partial charge in [-0.2, -0.15) is 0 Å². The molecular weight excluding hydrogens is 748 g/mol. The number of nitrogens with two attached hydrogens (primary N) is 1. The number of hydrogen-bond acceptors (Lipinski definition) is 14. The molecule has 2 aromatic carbocycles. The van der Waals surface area contributed by atoms with E-state index in [0.717, 1.165) is 17.6 Å². The van der Waals surface area contributed by atoms with E-state index in [4.69, 9.17) is 24.7 Å². The molecule has 10 unspecified atom stereocenters. The SMILES string of the molecule is COc1cc(C2OC(CCc3ccc(O)c(OCNCC(C)O)c3)CC(O)C2CCO)cc(OCC2NC(C)CCC23C(C(=O)O)C=CC3C2=CCNC(N)=C2)c1O. The summed E-state index contributed by atoms with van der Waals surface area (Å²) >= 11 is 0. The number of methoxy groups -OCH3 is 1. The number of carbonyl (C=O) groups is 1. The Balaban J connectivity index is 1.23. The first-order valence-electron chi connectivity index (χ1n) is 20.2. The monoisotopic (exact) mass is 808 g/mol. The van der Waals surface area contributed by atoms with Crippen LogP contribution in [0.1, 0.15) is 63.2 Å². The minimum atomic E-state index is -0.920. The quantitative estimate of drug-likeness (QED) is 0.0629. The Morgan fingerprint density at radius 3 is 2.64 bits per heavy atom. The number of phenolic OH excluding ortho intramolecular Hbond substituents is 2. The molecule has 0 saturated carbocycles. The van der Waals surface area contributed by atoms with Crippen LogP contribution in [0.3, 0.4) is 0 Å². The molecule has 2 saturated heterocycles. The number of phenols is 2. The van der Waals surface area contributed by atoms with Gasteiger partial charge in [0.1, 0.15) is 13.3 Å². The number of dihydropyridines is 1. The lowest BCUT2D eigenvalue weighted by atomic mass is 9.59. The van der Waals surface area contributed by atoms with Crippen LogP contribution in [-0.4, -0.2) is 107 Å². The van der Waals surface area contributed by atoms with Gasteiger partial charge < -0.3 is 66.0 Å². The van der Waals surface area contributed by atoms with E-state index in [1.807, 2.05) is 18.2 Å². The van der Waals surface area contributed by atoms with E-state index in [0.29, 0.717) is 55.9 Å². The molecule has 0 aromatic heterocycles. The number of aliphatic hydroxyl groups excluding tert-OH is 3. The maximum absolute atomic E-state index is 12.9. The largest absolute Gasteiger partial charge is 0.504 e. The van der Waals surface area contributed by atoms with E-state index in [9.17, 15) is 35.4 Å². The molecule has 11 N–H and O–H groups in total. The molecule has 6 rings (SSSR count). The summed E-state index contributed by atoms with van der Waals surface area (Å²) in [7, 11) is 1.43. The number of ether oxygens (including phenoxy) is 4. The van der Waals surface area contributed by atoms with Crippen LogP contribution in [-0.2, 0) is 16.0 Å². The summed E-state index contributed by atoms with van der Waals surface area (Å²) in [5.74, 6) is -1.59. The van der Waals surface area contributed by atoms with Crippen LogP contribution in [0.2, 0.25) is 0 Å². The van der Waals surface area contributed by atoms with Crippen LogP contribution in [0.15, 0.2) is 66.0 Å². The average Bonchev–Trinajstić information content (AvgIpc) is 3.58. The maximum Gasteiger partial charge on any atom is 0.311 e. The van der Waals surface area contributed by atoms with Gasteiger partial charge in [0, 0.05) is 49.0 Å². The number of aromatic hydroxyl groups is 2. The third-order valence-electron chi connectivity index (χ3n) is 12.1. The van der Waals surface area contributed by atoms with Crippen molar-refractivity contribution in [2.24, 2.45) is 28.9 Å². The Labute approximate surface area is 339 Å². The first-order chi connectivity index (χ1) is 27.8. The number of hydrogen-bond donors (Lipinski definition) is 10. The summed E-state index contributed by atoms with van der Waals surface area (Å²) in [4.78, 5) is 12.9. The van der Waals surface area contributed by atoms with Crippen LogP contribution in [0, 0.1) is 23.2 Å². The Hall–Kier alpha value is -4.51. The van der Waals surface area contributed by atoms with Crippen LogP contribution in [0.25, 0.3) is 0 Å². The van der Waals surface area contributed by atoms with Crippen LogP contribution >= 0.6 is 0 Å². The molecular formula is C43H60N4O11. The van der Waals surface area contributed by atoms with Gasteiger partial charge in [0.25, 0.3) is 0 Å². The number of aliphatic carboxylic acids is 1. The van der Waals surface area contributed by atoms with E-state index >= 15 is 0 Å². The molecule has 0 bridgehead atoms. The lowest BCUT2D eigenvalue weighted by Crippen LogP contribution is -2.61. The van der Waals surface area contributed by atoms with Crippen molar-refractivity contribution in [3.05, 3.63) is 77.2 Å². The molecule has 2 aromatic rings. The normalized spacial score (nSPS) is 30.0. The summed E-state index contributed by atoms with van der Waals surface area (Å²) < 4.78 is 24.5. The van der Waals surface area contributed by atoms with Gasteiger partial charge in [-0.1, -0.05) is 24.3 Å². The Morgan fingerprint density at radius 1 is 1.12 bits per heavy atom. The van der Waals surface area contributed by atoms with Crippen molar-refractivity contribution in [3.8, 4) is 28.7 Å². The third-order valence-corrected chi connectivity index (χ3v) is 12.1. The Bertz CT molecular complexity index is 1840. The van der Waals surface area contributed by atoms with Crippen molar-refractivity contribution in [3.63, 3.8) is 0 Å². The van der Waals surface area contributed by atoms with Gasteiger partial charge in [-0.3, -0.25) is 10.1 Å². The van der Waals surface area contributed by atoms with Gasteiger partial charge in [0.15, 0.2) is 23.0 Å². The van der Waals surface area contributed by atoms with Gasteiger partial charge in [0.2, 0.25) is 5.75 Å². The molecule has 2 fully saturated rings. The summed E-state index contributed by atoms with van der Waals surface area (Å²) in [5, 5.41) is 73.0. The lowest BCUT2D eigenvalue weighted by Gasteiger charge is -2.50. The zero-order valence-electron chi connectivity index (χ0n) is 33.5. The second kappa shape index (κ2) is 19.0. The molecule has 15 heteroatoms. The molecule has 0 radical (unpaired) electrons. The maximum atomic E-state index is 12.9. The molecule has 1 spiro atoms. The Morgan fingerprint density at radius 2 is 1.91 bits per heavy atom. The first-order valence-corrected chi connectivity index (χ1v) is 20.2. The summed E-state index contributed by atoms with van der Waals surface area (Å²) in [6.45, 7) is 4.57. The van der Waals surface area contributed by atoms with Gasteiger partial charge in [-0.15, -0.1) is 0 Å². The molecule has 58 heavy (non-hydrogen) atoms. The van der Waals surface area contributed by atoms with Gasteiger partial charge >= 0.3 is 5.97 Å². The van der Waals surface area contributed by atoms with E-state index in [2.05, 4.69) is 22.9 Å². The molecule has 3 aliphatic heterocycles. The van der Waals surface area contributed by atoms with Crippen molar-refractivity contribution in [1.29, 1.82) is 0 Å². The zero-order chi connectivity index (χ0) is 41.6. The molecule has 15 nitrogen and oxygen atoms in total. The van der Waals surface area contributed by atoms with Crippen molar-refractivity contribution in [1.82, 2.24) is 16.0 Å². The number of rotatable bonds is 17. The minimum absolute atomic E-state index is 0.00923. The second-order valence-corrected chi connectivity index (χ2v) is 16.1. The van der Waals surface area contributed by atoms with Gasteiger partial charge in [0.05, 0.1) is 43.3 Å². The highest BCUT2D eigenvalue weighted by Gasteiger charge is 2.57. The van der Waals surface area contributed by atoms with Crippen LogP contribution in [0.4, 0.5) is 0 Å². The third kappa shape index (κ3) is 9.51. The summed E-state index contributed by atoms with van der Waals surface area (Å²) in [6, 6.07) is 8.09. The zero-order valence-corrected chi connectivity index (χ0v) is 33.5. The minimum Gasteiger partial charge on any atom is -0.504 e. The standard InChI is InChI=1S/C43H60N4O11/c1-24-10-13-43(31(7-8-32(43)42(53)54)27-11-14-46-39(44)19-27)38(47-24)22-56-37-18-28(17-36(55-3)40(37)52)41-30(12-15-48)34(51)20-29(58-41)6-4-26-5-9-33(50)35(16-26)57-23-45-21-25(2)49/h5,7-9,11,16-19,24-25,29-32,34,38,41,45-52H,4,6,10,12-15,20-23,44H2,1-3H3,(H,53,54).